The highest BCUT2D eigenvalue weighted by molar-refractivity contribution is 6.22. The van der Waals surface area contributed by atoms with Gasteiger partial charge in [0.1, 0.15) is 44.7 Å². The zero-order chi connectivity index (χ0) is 66.8. The first-order valence-corrected chi connectivity index (χ1v) is 37.1. The van der Waals surface area contributed by atoms with Gasteiger partial charge in [-0.15, -0.1) is 0 Å². The van der Waals surface area contributed by atoms with Gasteiger partial charge in [0, 0.05) is 87.0 Å². The van der Waals surface area contributed by atoms with Crippen LogP contribution in [-0.4, -0.2) is 0 Å². The normalized spacial score (nSPS) is 18.9. The third-order valence-electron chi connectivity index (χ3n) is 26.4. The van der Waals surface area contributed by atoms with Crippen LogP contribution in [0, 0.1) is 0 Å². The molecule has 0 saturated heterocycles. The van der Waals surface area contributed by atoms with Gasteiger partial charge in [-0.05, 0) is 216 Å². The van der Waals surface area contributed by atoms with Gasteiger partial charge in [-0.25, -0.2) is 0 Å². The van der Waals surface area contributed by atoms with Crippen LogP contribution in [0.1, 0.15) is 192 Å². The monoisotopic (exact) mass is 1290 g/mol. The lowest BCUT2D eigenvalue weighted by Crippen LogP contribution is -2.18. The van der Waals surface area contributed by atoms with Gasteiger partial charge in [-0.1, -0.05) is 221 Å². The lowest BCUT2D eigenvalue weighted by Gasteiger charge is -2.31. The van der Waals surface area contributed by atoms with Gasteiger partial charge in [0.25, 0.3) is 0 Å². The molecule has 6 aliphatic rings. The molecule has 0 aliphatic heterocycles. The van der Waals surface area contributed by atoms with Crippen molar-refractivity contribution in [2.45, 2.75) is 153 Å². The molecule has 100 heavy (non-hydrogen) atoms. The van der Waals surface area contributed by atoms with Crippen LogP contribution in [0.5, 0.6) is 0 Å². The summed E-state index contributed by atoms with van der Waals surface area (Å²) in [6.07, 6.45) is 11.0. The van der Waals surface area contributed by atoms with Gasteiger partial charge < -0.3 is 17.7 Å². The summed E-state index contributed by atoms with van der Waals surface area (Å²) in [6, 6.07) is 76.0. The Morgan fingerprint density at radius 2 is 0.610 bits per heavy atom. The summed E-state index contributed by atoms with van der Waals surface area (Å²) in [6.45, 7) is 19.6. The van der Waals surface area contributed by atoms with E-state index in [1.54, 1.807) is 0 Å². The second-order valence-corrected chi connectivity index (χ2v) is 32.9. The number of rotatable bonds is 5. The predicted octanol–water partition coefficient (Wildman–Crippen LogP) is 27.3. The molecule has 2 unspecified atom stereocenters. The first-order chi connectivity index (χ1) is 48.6. The molecule has 0 amide bonds. The smallest absolute Gasteiger partial charge is 0.143 e. The number of furan rings is 4. The summed E-state index contributed by atoms with van der Waals surface area (Å²) in [4.78, 5) is 0. The number of para-hydroxylation sites is 4. The summed E-state index contributed by atoms with van der Waals surface area (Å²) in [5.74, 6) is 1.30. The molecule has 2 atom stereocenters. The minimum atomic E-state index is -0.321. The van der Waals surface area contributed by atoms with Crippen molar-refractivity contribution >= 4 is 87.8 Å². The maximum atomic E-state index is 7.31. The topological polar surface area (TPSA) is 52.6 Å². The minimum Gasteiger partial charge on any atom is -0.455 e. The summed E-state index contributed by atoms with van der Waals surface area (Å²) >= 11 is 0. The highest BCUT2D eigenvalue weighted by Gasteiger charge is 2.48. The third-order valence-corrected chi connectivity index (χ3v) is 26.4. The number of benzene rings is 12. The SMILES string of the molecule is CC1(C)c2cc3c(cc2-c2c1cc(C1CCCCC1)c1c2oc2ccccc21)C(C)(C)c1cc(C2CCCC(c4ccc(-c5cc6c(c7c5oc5ccccc57)-c5cc7c(cc5C6(C)C)-c5c(cc(-c6ccccc6)c6oc8ccccc8c56)C7(C)C)cc4)C2)c2c(oc4ccccc42)c1-3. The first kappa shape index (κ1) is 57.7. The van der Waals surface area contributed by atoms with Crippen molar-refractivity contribution in [3.8, 4) is 66.8 Å². The third kappa shape index (κ3) is 7.47. The van der Waals surface area contributed by atoms with Crippen molar-refractivity contribution in [3.05, 3.63) is 261 Å². The van der Waals surface area contributed by atoms with Crippen LogP contribution in [0.4, 0.5) is 0 Å². The second kappa shape index (κ2) is 19.8. The molecule has 486 valence electrons. The van der Waals surface area contributed by atoms with Crippen LogP contribution in [0.15, 0.2) is 218 Å². The molecule has 2 saturated carbocycles. The second-order valence-electron chi connectivity index (χ2n) is 32.9. The van der Waals surface area contributed by atoms with Crippen LogP contribution >= 0.6 is 0 Å². The maximum absolute atomic E-state index is 7.31. The van der Waals surface area contributed by atoms with E-state index in [0.717, 1.165) is 85.8 Å². The Labute approximate surface area is 582 Å². The molecule has 4 nitrogen and oxygen atoms in total. The molecule has 4 aromatic heterocycles. The van der Waals surface area contributed by atoms with E-state index in [-0.39, 0.29) is 21.7 Å². The van der Waals surface area contributed by atoms with E-state index in [2.05, 4.69) is 256 Å². The van der Waals surface area contributed by atoms with Crippen LogP contribution < -0.4 is 0 Å². The lowest BCUT2D eigenvalue weighted by molar-refractivity contribution is 0.395. The molecular formula is C96H78O4. The zero-order valence-electron chi connectivity index (χ0n) is 58.3. The summed E-state index contributed by atoms with van der Waals surface area (Å²) in [5.41, 5.74) is 37.1. The van der Waals surface area contributed by atoms with Crippen molar-refractivity contribution in [2.75, 3.05) is 0 Å². The van der Waals surface area contributed by atoms with Gasteiger partial charge >= 0.3 is 0 Å². The van der Waals surface area contributed by atoms with E-state index >= 15 is 0 Å². The lowest BCUT2D eigenvalue weighted by atomic mass is 9.73. The summed E-state index contributed by atoms with van der Waals surface area (Å²) < 4.78 is 28.5. The molecule has 16 aromatic rings. The molecule has 12 aromatic carbocycles. The maximum Gasteiger partial charge on any atom is 0.143 e. The average molecular weight is 1300 g/mol. The Morgan fingerprint density at radius 1 is 0.270 bits per heavy atom. The van der Waals surface area contributed by atoms with Crippen molar-refractivity contribution in [2.24, 2.45) is 0 Å². The molecule has 4 heterocycles. The Kier molecular flexibility index (Phi) is 11.5. The average Bonchev–Trinajstić information content (AvgIpc) is 1.52. The van der Waals surface area contributed by atoms with Crippen molar-refractivity contribution in [1.82, 2.24) is 0 Å². The zero-order valence-corrected chi connectivity index (χ0v) is 58.3. The van der Waals surface area contributed by atoms with Crippen molar-refractivity contribution in [1.29, 1.82) is 0 Å². The van der Waals surface area contributed by atoms with Gasteiger partial charge in [0.2, 0.25) is 0 Å². The van der Waals surface area contributed by atoms with Gasteiger partial charge in [0.05, 0.1) is 0 Å². The van der Waals surface area contributed by atoms with Crippen LogP contribution in [0.3, 0.4) is 0 Å². The van der Waals surface area contributed by atoms with E-state index in [1.807, 2.05) is 0 Å². The standard InChI is InChI=1S/C96H78O4/c1-93(2)69-48-66-70(47-65(69)83-73(93)45-63(53-26-13-10-14-27-53)89-87(83)59-32-17-21-36-79(59)97-89)94(3,4)74-46-64(90-88(84(66)74)60-33-18-22-37-80(60)98-90)54-40-38-51(39-41-54)55-28-23-29-56(42-55)62-44-76-86(92-82(62)58-31-16-20-35-78(58)100-92)68-50-71-67(49-72(68)96(76,7)8)85-75(95(71,5)6)43-61(52-24-11-9-12-25-52)81-57-30-15-19-34-77(57)99-91(81)85/h10,13-22,26-27,30-41,43-50,52,55-56H,9,11-12,23-25,28-29,42H2,1-8H3. The largest absolute Gasteiger partial charge is 0.455 e. The first-order valence-electron chi connectivity index (χ1n) is 37.1. The molecule has 22 rings (SSSR count). The molecule has 4 heteroatoms. The summed E-state index contributed by atoms with van der Waals surface area (Å²) in [5, 5.41) is 9.86. The van der Waals surface area contributed by atoms with Crippen LogP contribution in [0.2, 0.25) is 0 Å². The number of fused-ring (bicyclic) bond motifs is 28. The highest BCUT2D eigenvalue weighted by Crippen LogP contribution is 2.65. The fraction of sp³-hybridized carbons (Fsp3) is 0.250. The fourth-order valence-corrected chi connectivity index (χ4v) is 21.2. The molecule has 0 N–H and O–H groups in total. The van der Waals surface area contributed by atoms with E-state index in [1.165, 1.54) is 188 Å². The Hall–Kier alpha value is -10.2. The molecule has 0 bridgehead atoms. The Balaban J connectivity index is 0.635. The van der Waals surface area contributed by atoms with Crippen LogP contribution in [-0.2, 0) is 21.7 Å². The van der Waals surface area contributed by atoms with Gasteiger partial charge in [0.15, 0.2) is 0 Å². The Morgan fingerprint density at radius 3 is 1.06 bits per heavy atom. The number of hydrogen-bond donors (Lipinski definition) is 0. The van der Waals surface area contributed by atoms with E-state index in [9.17, 15) is 0 Å². The van der Waals surface area contributed by atoms with E-state index in [4.69, 9.17) is 17.7 Å². The highest BCUT2D eigenvalue weighted by atomic mass is 16.3. The number of hydrogen-bond acceptors (Lipinski definition) is 4. The fourth-order valence-electron chi connectivity index (χ4n) is 21.2. The van der Waals surface area contributed by atoms with Crippen molar-refractivity contribution < 1.29 is 17.7 Å². The molecule has 6 aliphatic carbocycles. The molecule has 2 fully saturated rings. The Bertz CT molecular complexity index is 6310. The quantitative estimate of drug-likeness (QED) is 0.172. The van der Waals surface area contributed by atoms with Crippen LogP contribution in [0.25, 0.3) is 155 Å². The molecule has 0 radical (unpaired) electrons. The minimum absolute atomic E-state index is 0.232. The summed E-state index contributed by atoms with van der Waals surface area (Å²) in [7, 11) is 0. The predicted molar refractivity (Wildman–Crippen MR) is 413 cm³/mol. The van der Waals surface area contributed by atoms with Gasteiger partial charge in [-0.3, -0.25) is 0 Å². The van der Waals surface area contributed by atoms with E-state index < -0.39 is 0 Å². The molecule has 0 spiro atoms. The van der Waals surface area contributed by atoms with E-state index in [0.29, 0.717) is 17.8 Å². The van der Waals surface area contributed by atoms with Crippen molar-refractivity contribution in [3.63, 3.8) is 0 Å². The molecular weight excluding hydrogens is 1220 g/mol. The van der Waals surface area contributed by atoms with Gasteiger partial charge in [-0.2, -0.15) is 0 Å².